The molecule has 31 heavy (non-hydrogen) atoms. The number of halogens is 3. The number of amides is 2. The summed E-state index contributed by atoms with van der Waals surface area (Å²) < 4.78 is 43.2. The lowest BCUT2D eigenvalue weighted by Gasteiger charge is -2.12. The minimum atomic E-state index is -4.75. The van der Waals surface area contributed by atoms with Crippen LogP contribution in [0.4, 0.5) is 30.2 Å². The molecule has 3 N–H and O–H groups in total. The number of nitrogens with one attached hydrogen (secondary N) is 3. The van der Waals surface area contributed by atoms with E-state index in [1.807, 2.05) is 0 Å². The van der Waals surface area contributed by atoms with Gasteiger partial charge in [-0.05, 0) is 48.5 Å². The summed E-state index contributed by atoms with van der Waals surface area (Å²) in [5.74, 6) is -1.10. The fourth-order valence-electron chi connectivity index (χ4n) is 2.47. The van der Waals surface area contributed by atoms with Gasteiger partial charge in [0.25, 0.3) is 17.5 Å². The Morgan fingerprint density at radius 1 is 1.00 bits per heavy atom. The van der Waals surface area contributed by atoms with Crippen LogP contribution in [0, 0.1) is 10.1 Å². The van der Waals surface area contributed by atoms with E-state index in [0.29, 0.717) is 17.8 Å². The third-order valence-electron chi connectivity index (χ3n) is 3.98. The van der Waals surface area contributed by atoms with Gasteiger partial charge in [-0.1, -0.05) is 0 Å². The second-order valence-electron chi connectivity index (χ2n) is 6.07. The molecule has 0 atom stereocenters. The zero-order valence-electron chi connectivity index (χ0n) is 15.4. The molecule has 0 fully saturated rings. The fraction of sp³-hybridized carbons (Fsp3) is 0.0526. The molecule has 0 aliphatic carbocycles. The Balaban J connectivity index is 1.65. The molecule has 0 radical (unpaired) electrons. The van der Waals surface area contributed by atoms with Gasteiger partial charge in [-0.15, -0.1) is 0 Å². The number of alkyl halides is 3. The average molecular weight is 434 g/mol. The third-order valence-corrected chi connectivity index (χ3v) is 3.98. The standard InChI is InChI=1S/C19H13F3N4O5/c20-19(21,22)12-5-8-14(15(10-12)26(29)30)24-25-17(27)11-3-6-13(7-4-11)23-18(28)16-2-1-9-31-16/h1-10,24H,(H,23,28)(H,25,27). The van der Waals surface area contributed by atoms with Crippen LogP contribution < -0.4 is 16.2 Å². The number of furan rings is 1. The van der Waals surface area contributed by atoms with Crippen molar-refractivity contribution in [2.45, 2.75) is 6.18 Å². The molecule has 0 aliphatic heterocycles. The molecule has 3 aromatic rings. The van der Waals surface area contributed by atoms with Gasteiger partial charge in [0.1, 0.15) is 5.69 Å². The average Bonchev–Trinajstić information content (AvgIpc) is 3.26. The van der Waals surface area contributed by atoms with Crippen molar-refractivity contribution in [1.29, 1.82) is 0 Å². The Bertz CT molecular complexity index is 1110. The lowest BCUT2D eigenvalue weighted by Crippen LogP contribution is -2.29. The summed E-state index contributed by atoms with van der Waals surface area (Å²) in [5, 5.41) is 13.6. The quantitative estimate of drug-likeness (QED) is 0.394. The molecule has 1 heterocycles. The summed E-state index contributed by atoms with van der Waals surface area (Å²) in [6, 6.07) is 10.5. The van der Waals surface area contributed by atoms with Gasteiger partial charge >= 0.3 is 6.18 Å². The number of benzene rings is 2. The molecule has 3 rings (SSSR count). The highest BCUT2D eigenvalue weighted by atomic mass is 19.4. The molecule has 160 valence electrons. The van der Waals surface area contributed by atoms with Crippen molar-refractivity contribution in [3.05, 3.63) is 87.9 Å². The molecule has 2 amide bonds. The molecule has 1 aromatic heterocycles. The number of carbonyl (C=O) groups is 2. The van der Waals surface area contributed by atoms with E-state index in [1.54, 1.807) is 6.07 Å². The van der Waals surface area contributed by atoms with Crippen molar-refractivity contribution < 1.29 is 32.1 Å². The monoisotopic (exact) mass is 434 g/mol. The Hall–Kier alpha value is -4.35. The first-order valence-corrected chi connectivity index (χ1v) is 8.52. The van der Waals surface area contributed by atoms with Crippen LogP contribution in [0.1, 0.15) is 26.5 Å². The van der Waals surface area contributed by atoms with Crippen LogP contribution >= 0.6 is 0 Å². The fourth-order valence-corrected chi connectivity index (χ4v) is 2.47. The predicted octanol–water partition coefficient (Wildman–Crippen LogP) is 4.22. The highest BCUT2D eigenvalue weighted by molar-refractivity contribution is 6.02. The number of nitrogens with zero attached hydrogens (tertiary/aromatic N) is 1. The van der Waals surface area contributed by atoms with Gasteiger partial charge < -0.3 is 9.73 Å². The van der Waals surface area contributed by atoms with Crippen molar-refractivity contribution in [2.75, 3.05) is 10.7 Å². The van der Waals surface area contributed by atoms with Crippen molar-refractivity contribution in [1.82, 2.24) is 5.43 Å². The van der Waals surface area contributed by atoms with E-state index in [4.69, 9.17) is 4.42 Å². The van der Waals surface area contributed by atoms with Gasteiger partial charge in [-0.25, -0.2) is 0 Å². The van der Waals surface area contributed by atoms with Crippen LogP contribution in [0.25, 0.3) is 0 Å². The van der Waals surface area contributed by atoms with Crippen molar-refractivity contribution >= 4 is 28.9 Å². The van der Waals surface area contributed by atoms with Crippen molar-refractivity contribution in [2.24, 2.45) is 0 Å². The summed E-state index contributed by atoms with van der Waals surface area (Å²) in [6.07, 6.45) is -3.41. The van der Waals surface area contributed by atoms with E-state index in [1.165, 1.54) is 36.6 Å². The van der Waals surface area contributed by atoms with Crippen molar-refractivity contribution in [3.8, 4) is 0 Å². The zero-order valence-corrected chi connectivity index (χ0v) is 15.4. The van der Waals surface area contributed by atoms with Gasteiger partial charge in [0.2, 0.25) is 0 Å². The number of anilines is 2. The van der Waals surface area contributed by atoms with Crippen LogP contribution in [0.15, 0.2) is 65.3 Å². The first kappa shape index (κ1) is 21.4. The molecule has 12 heteroatoms. The Morgan fingerprint density at radius 3 is 2.29 bits per heavy atom. The van der Waals surface area contributed by atoms with E-state index < -0.39 is 34.2 Å². The molecule has 9 nitrogen and oxygen atoms in total. The number of hydrazine groups is 1. The molecule has 0 unspecified atom stereocenters. The number of hydrogen-bond donors (Lipinski definition) is 3. The first-order valence-electron chi connectivity index (χ1n) is 8.52. The summed E-state index contributed by atoms with van der Waals surface area (Å²) in [7, 11) is 0. The lowest BCUT2D eigenvalue weighted by molar-refractivity contribution is -0.384. The topological polar surface area (TPSA) is 127 Å². The van der Waals surface area contributed by atoms with Crippen LogP contribution in [-0.4, -0.2) is 16.7 Å². The summed E-state index contributed by atoms with van der Waals surface area (Å²) >= 11 is 0. The van der Waals surface area contributed by atoms with E-state index >= 15 is 0 Å². The Morgan fingerprint density at radius 2 is 1.71 bits per heavy atom. The maximum Gasteiger partial charge on any atom is 0.416 e. The van der Waals surface area contributed by atoms with E-state index in [0.717, 1.165) is 6.07 Å². The third kappa shape index (κ3) is 5.18. The maximum atomic E-state index is 12.7. The van der Waals surface area contributed by atoms with Gasteiger partial charge in [-0.2, -0.15) is 13.2 Å². The largest absolute Gasteiger partial charge is 0.459 e. The summed E-state index contributed by atoms with van der Waals surface area (Å²) in [4.78, 5) is 34.2. The van der Waals surface area contributed by atoms with Gasteiger partial charge in [0, 0.05) is 17.3 Å². The van der Waals surface area contributed by atoms with Crippen LogP contribution in [0.5, 0.6) is 0 Å². The molecule has 2 aromatic carbocycles. The van der Waals surface area contributed by atoms with Gasteiger partial charge in [-0.3, -0.25) is 30.6 Å². The second-order valence-corrected chi connectivity index (χ2v) is 6.07. The SMILES string of the molecule is O=C(NNc1ccc(C(F)(F)F)cc1[N+](=O)[O-])c1ccc(NC(=O)c2ccco2)cc1. The number of carbonyl (C=O) groups excluding carboxylic acids is 2. The molecule has 0 bridgehead atoms. The molecular weight excluding hydrogens is 421 g/mol. The zero-order chi connectivity index (χ0) is 22.6. The Labute approximate surface area is 172 Å². The maximum absolute atomic E-state index is 12.7. The van der Waals surface area contributed by atoms with Gasteiger partial charge in [0.15, 0.2) is 5.76 Å². The highest BCUT2D eigenvalue weighted by Gasteiger charge is 2.33. The normalized spacial score (nSPS) is 10.9. The molecule has 0 saturated heterocycles. The second kappa shape index (κ2) is 8.57. The summed E-state index contributed by atoms with van der Waals surface area (Å²) in [6.45, 7) is 0. The Kier molecular flexibility index (Phi) is 5.90. The lowest BCUT2D eigenvalue weighted by atomic mass is 10.1. The first-order chi connectivity index (χ1) is 14.6. The predicted molar refractivity (Wildman–Crippen MR) is 102 cm³/mol. The number of rotatable bonds is 6. The van der Waals surface area contributed by atoms with Crippen molar-refractivity contribution in [3.63, 3.8) is 0 Å². The highest BCUT2D eigenvalue weighted by Crippen LogP contribution is 2.34. The van der Waals surface area contributed by atoms with E-state index in [-0.39, 0.29) is 17.0 Å². The molecule has 0 spiro atoms. The van der Waals surface area contributed by atoms with Gasteiger partial charge in [0.05, 0.1) is 16.7 Å². The number of hydrogen-bond acceptors (Lipinski definition) is 6. The summed E-state index contributed by atoms with van der Waals surface area (Å²) in [5.41, 5.74) is 2.55. The van der Waals surface area contributed by atoms with Crippen LogP contribution in [0.2, 0.25) is 0 Å². The van der Waals surface area contributed by atoms with E-state index in [2.05, 4.69) is 16.2 Å². The number of nitro benzene ring substituents is 1. The minimum absolute atomic E-state index is 0.101. The molecule has 0 saturated carbocycles. The molecular formula is C19H13F3N4O5. The van der Waals surface area contributed by atoms with Crippen LogP contribution in [0.3, 0.4) is 0 Å². The minimum Gasteiger partial charge on any atom is -0.459 e. The van der Waals surface area contributed by atoms with Crippen LogP contribution in [-0.2, 0) is 6.18 Å². The molecule has 0 aliphatic rings. The number of nitro groups is 1. The van der Waals surface area contributed by atoms with E-state index in [9.17, 15) is 32.9 Å². The smallest absolute Gasteiger partial charge is 0.416 e.